The number of benzene rings is 1. The van der Waals surface area contributed by atoms with Crippen molar-refractivity contribution < 1.29 is 4.42 Å². The molecule has 0 saturated carbocycles. The van der Waals surface area contributed by atoms with Crippen LogP contribution in [0.15, 0.2) is 51.8 Å². The Bertz CT molecular complexity index is 1450. The maximum Gasteiger partial charge on any atom is 0.286 e. The van der Waals surface area contributed by atoms with Crippen LogP contribution in [0, 0.1) is 20.8 Å². The molecule has 0 fully saturated rings. The zero-order valence-electron chi connectivity index (χ0n) is 16.5. The number of hydrogen-bond acceptors (Lipinski definition) is 7. The van der Waals surface area contributed by atoms with Crippen LogP contribution in [0.3, 0.4) is 0 Å². The fourth-order valence-electron chi connectivity index (χ4n) is 3.45. The highest BCUT2D eigenvalue weighted by molar-refractivity contribution is 5.80. The highest BCUT2D eigenvalue weighted by Gasteiger charge is 2.22. The van der Waals surface area contributed by atoms with Gasteiger partial charge in [0, 0.05) is 23.1 Å². The minimum Gasteiger partial charge on any atom is -0.413 e. The van der Waals surface area contributed by atoms with Crippen molar-refractivity contribution in [3.05, 3.63) is 70.0 Å². The molecule has 0 aliphatic carbocycles. The molecule has 148 valence electrons. The molecule has 0 saturated heterocycles. The number of hydrogen-bond donors (Lipinski definition) is 1. The molecule has 4 heterocycles. The van der Waals surface area contributed by atoms with E-state index in [0.717, 1.165) is 22.5 Å². The number of aryl methyl sites for hydroxylation is 3. The van der Waals surface area contributed by atoms with Crippen LogP contribution in [0.1, 0.15) is 17.1 Å². The summed E-state index contributed by atoms with van der Waals surface area (Å²) in [6, 6.07) is 11.6. The first-order valence-corrected chi connectivity index (χ1v) is 9.34. The lowest BCUT2D eigenvalue weighted by atomic mass is 10.1. The topological polar surface area (TPSA) is 115 Å². The van der Waals surface area contributed by atoms with Gasteiger partial charge in [-0.1, -0.05) is 30.3 Å². The summed E-state index contributed by atoms with van der Waals surface area (Å²) >= 11 is 0. The average molecular weight is 399 g/mol. The Labute approximate surface area is 170 Å². The second kappa shape index (κ2) is 6.73. The van der Waals surface area contributed by atoms with Gasteiger partial charge in [-0.25, -0.2) is 19.5 Å². The highest BCUT2D eigenvalue weighted by atomic mass is 16.4. The molecular weight excluding hydrogens is 382 g/mol. The van der Waals surface area contributed by atoms with E-state index in [-0.39, 0.29) is 22.9 Å². The van der Waals surface area contributed by atoms with E-state index in [9.17, 15) is 4.79 Å². The normalized spacial score (nSPS) is 11.3. The predicted molar refractivity (Wildman–Crippen MR) is 110 cm³/mol. The first kappa shape index (κ1) is 17.9. The van der Waals surface area contributed by atoms with E-state index in [4.69, 9.17) is 4.42 Å². The third-order valence-corrected chi connectivity index (χ3v) is 4.83. The summed E-state index contributed by atoms with van der Waals surface area (Å²) in [5.41, 5.74) is 4.42. The molecule has 0 atom stereocenters. The average Bonchev–Trinajstić information content (AvgIpc) is 3.33. The summed E-state index contributed by atoms with van der Waals surface area (Å²) in [6.07, 6.45) is 1.61. The van der Waals surface area contributed by atoms with Gasteiger partial charge >= 0.3 is 0 Å². The summed E-state index contributed by atoms with van der Waals surface area (Å²) in [7, 11) is 0. The van der Waals surface area contributed by atoms with E-state index in [0.29, 0.717) is 17.2 Å². The predicted octanol–water partition coefficient (Wildman–Crippen LogP) is 3.12. The van der Waals surface area contributed by atoms with Crippen LogP contribution in [0.5, 0.6) is 0 Å². The summed E-state index contributed by atoms with van der Waals surface area (Å²) in [5, 5.41) is 11.2. The van der Waals surface area contributed by atoms with Crippen LogP contribution >= 0.6 is 0 Å². The zero-order chi connectivity index (χ0) is 20.8. The third-order valence-electron chi connectivity index (χ3n) is 4.83. The maximum atomic E-state index is 13.3. The van der Waals surface area contributed by atoms with Crippen molar-refractivity contribution in [2.45, 2.75) is 20.8 Å². The summed E-state index contributed by atoms with van der Waals surface area (Å²) < 4.78 is 7.14. The van der Waals surface area contributed by atoms with Gasteiger partial charge in [0.05, 0.1) is 5.69 Å². The lowest BCUT2D eigenvalue weighted by Crippen LogP contribution is -2.19. The SMILES string of the molecule is Cc1ccnc(-c2nnc(-c3c(C)nc4c(-c5ccccc5)c(C)[nH]n4c3=O)o2)n1. The number of aromatic amines is 1. The Hall–Kier alpha value is -4.14. The second-order valence-electron chi connectivity index (χ2n) is 6.95. The minimum absolute atomic E-state index is 0.0769. The molecule has 9 nitrogen and oxygen atoms in total. The molecule has 4 aromatic heterocycles. The van der Waals surface area contributed by atoms with Crippen molar-refractivity contribution in [1.82, 2.24) is 34.8 Å². The smallest absolute Gasteiger partial charge is 0.286 e. The van der Waals surface area contributed by atoms with Gasteiger partial charge in [0.1, 0.15) is 5.56 Å². The second-order valence-corrected chi connectivity index (χ2v) is 6.95. The van der Waals surface area contributed by atoms with E-state index in [2.05, 4.69) is 30.2 Å². The van der Waals surface area contributed by atoms with Crippen molar-refractivity contribution in [1.29, 1.82) is 0 Å². The lowest BCUT2D eigenvalue weighted by molar-refractivity contribution is 0.576. The zero-order valence-corrected chi connectivity index (χ0v) is 16.5. The molecule has 0 radical (unpaired) electrons. The van der Waals surface area contributed by atoms with E-state index in [1.807, 2.05) is 44.2 Å². The molecule has 0 amide bonds. The maximum absolute atomic E-state index is 13.3. The fourth-order valence-corrected chi connectivity index (χ4v) is 3.45. The number of nitrogens with zero attached hydrogens (tertiary/aromatic N) is 6. The Kier molecular flexibility index (Phi) is 4.02. The first-order chi connectivity index (χ1) is 14.5. The summed E-state index contributed by atoms with van der Waals surface area (Å²) in [4.78, 5) is 26.4. The Morgan fingerprint density at radius 1 is 0.933 bits per heavy atom. The third kappa shape index (κ3) is 2.79. The molecule has 0 bridgehead atoms. The van der Waals surface area contributed by atoms with Gasteiger partial charge in [-0.15, -0.1) is 10.2 Å². The lowest BCUT2D eigenvalue weighted by Gasteiger charge is -2.03. The van der Waals surface area contributed by atoms with Crippen molar-refractivity contribution in [2.24, 2.45) is 0 Å². The number of aromatic nitrogens is 7. The van der Waals surface area contributed by atoms with Crippen LogP contribution < -0.4 is 5.56 Å². The van der Waals surface area contributed by atoms with E-state index < -0.39 is 0 Å². The van der Waals surface area contributed by atoms with Gasteiger partial charge in [-0.05, 0) is 32.4 Å². The minimum atomic E-state index is -0.317. The molecule has 30 heavy (non-hydrogen) atoms. The van der Waals surface area contributed by atoms with Crippen LogP contribution in [-0.2, 0) is 0 Å². The molecule has 5 rings (SSSR count). The van der Waals surface area contributed by atoms with Gasteiger partial charge in [0.15, 0.2) is 5.65 Å². The highest BCUT2D eigenvalue weighted by Crippen LogP contribution is 2.28. The molecule has 5 aromatic rings. The monoisotopic (exact) mass is 399 g/mol. The molecule has 0 aliphatic heterocycles. The van der Waals surface area contributed by atoms with E-state index >= 15 is 0 Å². The van der Waals surface area contributed by atoms with Crippen LogP contribution in [-0.4, -0.2) is 34.8 Å². The summed E-state index contributed by atoms with van der Waals surface area (Å²) in [6.45, 7) is 5.50. The quantitative estimate of drug-likeness (QED) is 0.495. The molecule has 9 heteroatoms. The van der Waals surface area contributed by atoms with E-state index in [1.165, 1.54) is 4.52 Å². The molecule has 1 aromatic carbocycles. The summed E-state index contributed by atoms with van der Waals surface area (Å²) in [5.74, 6) is 0.529. The number of H-pyrrole nitrogens is 1. The number of nitrogens with one attached hydrogen (secondary N) is 1. The first-order valence-electron chi connectivity index (χ1n) is 9.34. The van der Waals surface area contributed by atoms with Crippen LogP contribution in [0.2, 0.25) is 0 Å². The Morgan fingerprint density at radius 2 is 1.70 bits per heavy atom. The molecule has 0 aliphatic rings. The number of rotatable bonds is 3. The standard InChI is InChI=1S/C21H17N7O2/c1-11-9-10-22-17(23-11)20-26-25-19(30-20)16-12(2)24-18-15(14-7-5-4-6-8-14)13(3)27-28(18)21(16)29/h4-10,27H,1-3H3. The van der Waals surface area contributed by atoms with E-state index in [1.54, 1.807) is 19.2 Å². The van der Waals surface area contributed by atoms with Crippen LogP contribution in [0.4, 0.5) is 0 Å². The van der Waals surface area contributed by atoms with Crippen molar-refractivity contribution in [2.75, 3.05) is 0 Å². The van der Waals surface area contributed by atoms with Crippen molar-refractivity contribution in [3.63, 3.8) is 0 Å². The van der Waals surface area contributed by atoms with Crippen LogP contribution in [0.25, 0.3) is 39.9 Å². The number of fused-ring (bicyclic) bond motifs is 1. The largest absolute Gasteiger partial charge is 0.413 e. The molecular formula is C21H17N7O2. The molecule has 0 spiro atoms. The van der Waals surface area contributed by atoms with Gasteiger partial charge in [-0.2, -0.15) is 0 Å². The van der Waals surface area contributed by atoms with Gasteiger partial charge in [-0.3, -0.25) is 9.89 Å². The Balaban J connectivity index is 1.68. The van der Waals surface area contributed by atoms with Gasteiger partial charge in [0.2, 0.25) is 5.82 Å². The van der Waals surface area contributed by atoms with Gasteiger partial charge < -0.3 is 4.42 Å². The van der Waals surface area contributed by atoms with Crippen molar-refractivity contribution in [3.8, 4) is 34.3 Å². The Morgan fingerprint density at radius 3 is 2.47 bits per heavy atom. The molecule has 0 unspecified atom stereocenters. The van der Waals surface area contributed by atoms with Gasteiger partial charge in [0.25, 0.3) is 17.3 Å². The fraction of sp³-hybridized carbons (Fsp3) is 0.143. The molecule has 1 N–H and O–H groups in total. The van der Waals surface area contributed by atoms with Crippen molar-refractivity contribution >= 4 is 5.65 Å².